The molecule has 0 unspecified atom stereocenters. The maximum absolute atomic E-state index is 2.41. The molecule has 1 aliphatic carbocycles. The Kier molecular flexibility index (Phi) is 3.02. The van der Waals surface area contributed by atoms with E-state index in [1.165, 1.54) is 37.7 Å². The molecule has 1 fully saturated rings. The molecule has 1 saturated carbocycles. The lowest BCUT2D eigenvalue weighted by Crippen LogP contribution is -2.07. The maximum Gasteiger partial charge on any atom is -0.0197 e. The molecule has 0 spiro atoms. The smallest absolute Gasteiger partial charge is 0.0197 e. The van der Waals surface area contributed by atoms with Gasteiger partial charge in [0.25, 0.3) is 0 Å². The van der Waals surface area contributed by atoms with Gasteiger partial charge in [0, 0.05) is 0 Å². The first kappa shape index (κ1) is 8.80. The molecule has 2 rings (SSSR count). The molecule has 0 aliphatic heterocycles. The fraction of sp³-hybridized carbons (Fsp3) is 0.385. The highest BCUT2D eigenvalue weighted by atomic mass is 14.2. The average Bonchev–Trinajstić information content (AvgIpc) is 2.21. The van der Waals surface area contributed by atoms with Gasteiger partial charge < -0.3 is 0 Å². The molecule has 1 aromatic rings. The van der Waals surface area contributed by atoms with Crippen molar-refractivity contribution in [2.24, 2.45) is 0 Å². The van der Waals surface area contributed by atoms with Gasteiger partial charge in [-0.25, -0.2) is 0 Å². The summed E-state index contributed by atoms with van der Waals surface area (Å²) >= 11 is 0. The van der Waals surface area contributed by atoms with Crippen molar-refractivity contribution in [2.45, 2.75) is 32.1 Å². The Morgan fingerprint density at radius 3 is 2.31 bits per heavy atom. The molecule has 1 aliphatic rings. The van der Waals surface area contributed by atoms with Gasteiger partial charge in [-0.3, -0.25) is 0 Å². The van der Waals surface area contributed by atoms with E-state index in [9.17, 15) is 0 Å². The van der Waals surface area contributed by atoms with Crippen LogP contribution in [0.25, 0.3) is 0 Å². The van der Waals surface area contributed by atoms with Crippen LogP contribution in [0.5, 0.6) is 0 Å². The molecule has 0 saturated heterocycles. The second-order valence-corrected chi connectivity index (χ2v) is 3.78. The first-order valence-corrected chi connectivity index (χ1v) is 5.14. The minimum atomic E-state index is 1.20. The van der Waals surface area contributed by atoms with Crippen LogP contribution in [0.15, 0.2) is 30.3 Å². The lowest BCUT2D eigenvalue weighted by molar-refractivity contribution is 0.605. The molecule has 0 nitrogen and oxygen atoms in total. The summed E-state index contributed by atoms with van der Waals surface area (Å²) in [6, 6.07) is 10.8. The largest absolute Gasteiger partial charge is 0.0622 e. The molecule has 68 valence electrons. The molecule has 0 atom stereocenters. The monoisotopic (exact) mass is 172 g/mol. The van der Waals surface area contributed by atoms with Crippen LogP contribution >= 0.6 is 0 Å². The molecule has 13 heavy (non-hydrogen) atoms. The summed E-state index contributed by atoms with van der Waals surface area (Å²) in [6.07, 6.45) is 8.83. The van der Waals surface area contributed by atoms with Gasteiger partial charge in [0.2, 0.25) is 0 Å². The minimum Gasteiger partial charge on any atom is -0.0622 e. The molecule has 0 amide bonds. The van der Waals surface area contributed by atoms with Crippen LogP contribution in [0.3, 0.4) is 0 Å². The third kappa shape index (κ3) is 2.58. The molecular weight excluding hydrogens is 156 g/mol. The van der Waals surface area contributed by atoms with Crippen molar-refractivity contribution in [1.82, 2.24) is 0 Å². The predicted molar refractivity (Wildman–Crippen MR) is 56.2 cm³/mol. The average molecular weight is 172 g/mol. The lowest BCUT2D eigenvalue weighted by atomic mass is 9.85. The van der Waals surface area contributed by atoms with E-state index >= 15 is 0 Å². The molecule has 0 heteroatoms. The second-order valence-electron chi connectivity index (χ2n) is 3.78. The topological polar surface area (TPSA) is 0 Å². The van der Waals surface area contributed by atoms with Crippen LogP contribution in [0.4, 0.5) is 0 Å². The maximum atomic E-state index is 2.41. The first-order chi connectivity index (χ1) is 6.45. The number of hydrogen-bond acceptors (Lipinski definition) is 0. The summed E-state index contributed by atoms with van der Waals surface area (Å²) < 4.78 is 0. The van der Waals surface area contributed by atoms with Crippen molar-refractivity contribution in [1.29, 1.82) is 0 Å². The van der Waals surface area contributed by atoms with Gasteiger partial charge in [0.1, 0.15) is 0 Å². The summed E-state index contributed by atoms with van der Waals surface area (Å²) in [5.41, 5.74) is 1.47. The van der Waals surface area contributed by atoms with E-state index < -0.39 is 0 Å². The molecular formula is C13H16. The summed E-state index contributed by atoms with van der Waals surface area (Å²) in [4.78, 5) is 0. The van der Waals surface area contributed by atoms with E-state index in [-0.39, 0.29) is 0 Å². The highest BCUT2D eigenvalue weighted by Crippen LogP contribution is 2.27. The zero-order valence-corrected chi connectivity index (χ0v) is 8.00. The summed E-state index contributed by atoms with van der Waals surface area (Å²) in [6.45, 7) is 0. The summed E-state index contributed by atoms with van der Waals surface area (Å²) in [5, 5.41) is 0. The van der Waals surface area contributed by atoms with E-state index in [1.807, 2.05) is 0 Å². The van der Waals surface area contributed by atoms with Crippen LogP contribution in [-0.4, -0.2) is 0 Å². The van der Waals surface area contributed by atoms with Crippen molar-refractivity contribution < 1.29 is 0 Å². The van der Waals surface area contributed by atoms with Gasteiger partial charge >= 0.3 is 0 Å². The molecule has 1 aromatic carbocycles. The van der Waals surface area contributed by atoms with Crippen molar-refractivity contribution in [3.63, 3.8) is 0 Å². The van der Waals surface area contributed by atoms with Crippen molar-refractivity contribution in [3.05, 3.63) is 48.2 Å². The number of hydrogen-bond donors (Lipinski definition) is 0. The highest BCUT2D eigenvalue weighted by Gasteiger charge is 2.13. The second kappa shape index (κ2) is 4.45. The van der Waals surface area contributed by atoms with Crippen LogP contribution < -0.4 is 0 Å². The SMILES string of the molecule is [CH]1CC[C](Cc2ccccc2)CC1. The zero-order chi connectivity index (χ0) is 8.93. The van der Waals surface area contributed by atoms with Gasteiger partial charge in [-0.2, -0.15) is 0 Å². The third-order valence-corrected chi connectivity index (χ3v) is 2.70. The Hall–Kier alpha value is -0.780. The van der Waals surface area contributed by atoms with Crippen molar-refractivity contribution in [3.8, 4) is 0 Å². The zero-order valence-electron chi connectivity index (χ0n) is 8.00. The molecule has 0 heterocycles. The van der Waals surface area contributed by atoms with Crippen molar-refractivity contribution in [2.75, 3.05) is 0 Å². The number of rotatable bonds is 2. The third-order valence-electron chi connectivity index (χ3n) is 2.70. The Balaban J connectivity index is 1.90. The van der Waals surface area contributed by atoms with Crippen LogP contribution in [-0.2, 0) is 6.42 Å². The van der Waals surface area contributed by atoms with E-state index in [0.717, 1.165) is 0 Å². The highest BCUT2D eigenvalue weighted by molar-refractivity contribution is 5.19. The summed E-state index contributed by atoms with van der Waals surface area (Å²) in [5.74, 6) is 1.73. The normalized spacial score (nSPS) is 18.8. The van der Waals surface area contributed by atoms with Gasteiger partial charge in [-0.1, -0.05) is 30.3 Å². The lowest BCUT2D eigenvalue weighted by Gasteiger charge is -2.20. The van der Waals surface area contributed by atoms with Gasteiger partial charge in [0.05, 0.1) is 0 Å². The predicted octanol–water partition coefficient (Wildman–Crippen LogP) is 3.58. The van der Waals surface area contributed by atoms with Gasteiger partial charge in [-0.15, -0.1) is 0 Å². The quantitative estimate of drug-likeness (QED) is 0.639. The summed E-state index contributed by atoms with van der Waals surface area (Å²) in [7, 11) is 0. The van der Waals surface area contributed by atoms with Crippen LogP contribution in [0.1, 0.15) is 31.2 Å². The van der Waals surface area contributed by atoms with Crippen LogP contribution in [0, 0.1) is 12.3 Å². The van der Waals surface area contributed by atoms with Crippen LogP contribution in [0.2, 0.25) is 0 Å². The van der Waals surface area contributed by atoms with E-state index in [2.05, 4.69) is 36.8 Å². The molecule has 2 radical (unpaired) electrons. The Morgan fingerprint density at radius 2 is 1.62 bits per heavy atom. The standard InChI is InChI=1S/C13H16/c1-3-7-12(8-4-1)11-13-9-5-2-6-10-13/h1-4,7-8H,5-6,9-11H2. The number of benzene rings is 1. The van der Waals surface area contributed by atoms with Gasteiger partial charge in [0.15, 0.2) is 0 Å². The van der Waals surface area contributed by atoms with Crippen molar-refractivity contribution >= 4 is 0 Å². The van der Waals surface area contributed by atoms with Gasteiger partial charge in [-0.05, 0) is 50.0 Å². The van der Waals surface area contributed by atoms with E-state index in [0.29, 0.717) is 0 Å². The molecule has 0 bridgehead atoms. The molecule has 0 N–H and O–H groups in total. The first-order valence-electron chi connectivity index (χ1n) is 5.14. The van der Waals surface area contributed by atoms with E-state index in [4.69, 9.17) is 0 Å². The fourth-order valence-electron chi connectivity index (χ4n) is 1.94. The Bertz CT molecular complexity index is 231. The Morgan fingerprint density at radius 1 is 0.923 bits per heavy atom. The van der Waals surface area contributed by atoms with E-state index in [1.54, 1.807) is 5.92 Å². The fourth-order valence-corrected chi connectivity index (χ4v) is 1.94. The molecule has 0 aromatic heterocycles. The minimum absolute atomic E-state index is 1.20. The Labute approximate surface area is 81.0 Å².